The molecule has 0 atom stereocenters. The van der Waals surface area contributed by atoms with Gasteiger partial charge in [0.25, 0.3) is 5.91 Å². The Morgan fingerprint density at radius 2 is 1.73 bits per heavy atom. The number of nitrogens with zero attached hydrogens (tertiary/aromatic N) is 2. The molecule has 2 heterocycles. The molecule has 1 aliphatic rings. The van der Waals surface area contributed by atoms with Crippen LogP contribution in [0.1, 0.15) is 14.5 Å². The van der Waals surface area contributed by atoms with E-state index in [0.717, 1.165) is 36.8 Å². The van der Waals surface area contributed by atoms with Crippen molar-refractivity contribution in [2.45, 2.75) is 6.92 Å². The van der Waals surface area contributed by atoms with Gasteiger partial charge < -0.3 is 14.5 Å². The van der Waals surface area contributed by atoms with E-state index in [4.69, 9.17) is 4.74 Å². The Morgan fingerprint density at radius 1 is 1.05 bits per heavy atom. The van der Waals surface area contributed by atoms with Crippen LogP contribution in [0.5, 0.6) is 5.75 Å². The fourth-order valence-electron chi connectivity index (χ4n) is 2.67. The van der Waals surface area contributed by atoms with Gasteiger partial charge in [0.2, 0.25) is 0 Å². The number of methoxy groups -OCH3 is 1. The normalized spacial score (nSPS) is 15.0. The largest absolute Gasteiger partial charge is 0.497 e. The van der Waals surface area contributed by atoms with Gasteiger partial charge in [-0.05, 0) is 43.3 Å². The smallest absolute Gasteiger partial charge is 0.264 e. The van der Waals surface area contributed by atoms with E-state index in [1.165, 1.54) is 10.6 Å². The summed E-state index contributed by atoms with van der Waals surface area (Å²) in [6.45, 7) is 5.29. The van der Waals surface area contributed by atoms with Crippen LogP contribution >= 0.6 is 11.3 Å². The molecular formula is C17H20N2O2S. The molecule has 1 saturated heterocycles. The van der Waals surface area contributed by atoms with Crippen LogP contribution in [0.3, 0.4) is 0 Å². The molecule has 2 aromatic rings. The van der Waals surface area contributed by atoms with Crippen molar-refractivity contribution in [3.8, 4) is 5.75 Å². The van der Waals surface area contributed by atoms with Gasteiger partial charge in [-0.15, -0.1) is 11.3 Å². The Morgan fingerprint density at radius 3 is 2.27 bits per heavy atom. The van der Waals surface area contributed by atoms with Gasteiger partial charge >= 0.3 is 0 Å². The molecule has 0 aliphatic carbocycles. The predicted molar refractivity (Wildman–Crippen MR) is 90.2 cm³/mol. The molecule has 1 amide bonds. The summed E-state index contributed by atoms with van der Waals surface area (Å²) in [6, 6.07) is 12.0. The van der Waals surface area contributed by atoms with Crippen LogP contribution in [0.15, 0.2) is 36.4 Å². The quantitative estimate of drug-likeness (QED) is 0.872. The van der Waals surface area contributed by atoms with Crippen molar-refractivity contribution in [1.82, 2.24) is 4.90 Å². The summed E-state index contributed by atoms with van der Waals surface area (Å²) in [7, 11) is 1.67. The lowest BCUT2D eigenvalue weighted by atomic mass is 10.2. The van der Waals surface area contributed by atoms with E-state index in [9.17, 15) is 4.79 Å². The molecule has 0 saturated carbocycles. The van der Waals surface area contributed by atoms with E-state index < -0.39 is 0 Å². The SMILES string of the molecule is COc1ccc(N2CCN(C(=O)c3ccc(C)s3)CC2)cc1. The number of benzene rings is 1. The number of anilines is 1. The van der Waals surface area contributed by atoms with Gasteiger partial charge in [0.05, 0.1) is 12.0 Å². The maximum Gasteiger partial charge on any atom is 0.264 e. The van der Waals surface area contributed by atoms with E-state index in [1.54, 1.807) is 18.4 Å². The molecular weight excluding hydrogens is 296 g/mol. The van der Waals surface area contributed by atoms with Crippen molar-refractivity contribution in [1.29, 1.82) is 0 Å². The van der Waals surface area contributed by atoms with Crippen LogP contribution in [0.25, 0.3) is 0 Å². The summed E-state index contributed by atoms with van der Waals surface area (Å²) >= 11 is 1.57. The lowest BCUT2D eigenvalue weighted by Crippen LogP contribution is -2.48. The zero-order valence-electron chi connectivity index (χ0n) is 12.9. The van der Waals surface area contributed by atoms with E-state index in [-0.39, 0.29) is 5.91 Å². The molecule has 0 bridgehead atoms. The standard InChI is InChI=1S/C17H20N2O2S/c1-13-3-8-16(22-13)17(20)19-11-9-18(10-12-19)14-4-6-15(21-2)7-5-14/h3-8H,9-12H2,1-2H3. The van der Waals surface area contributed by atoms with Gasteiger partial charge in [0.1, 0.15) is 5.75 Å². The molecule has 22 heavy (non-hydrogen) atoms. The number of aryl methyl sites for hydroxylation is 1. The second-order valence-corrected chi connectivity index (χ2v) is 6.68. The molecule has 0 N–H and O–H groups in total. The predicted octanol–water partition coefficient (Wildman–Crippen LogP) is 3.03. The molecule has 116 valence electrons. The molecule has 0 radical (unpaired) electrons. The maximum atomic E-state index is 12.4. The minimum atomic E-state index is 0.160. The van der Waals surface area contributed by atoms with Crippen molar-refractivity contribution in [2.24, 2.45) is 0 Å². The second-order valence-electron chi connectivity index (χ2n) is 5.39. The van der Waals surface area contributed by atoms with Crippen molar-refractivity contribution in [3.05, 3.63) is 46.2 Å². The number of carbonyl (C=O) groups excluding carboxylic acids is 1. The average Bonchev–Trinajstić information content (AvgIpc) is 3.01. The Labute approximate surface area is 134 Å². The van der Waals surface area contributed by atoms with E-state index in [0.29, 0.717) is 0 Å². The van der Waals surface area contributed by atoms with Gasteiger partial charge in [-0.2, -0.15) is 0 Å². The molecule has 1 aromatic heterocycles. The molecule has 1 aliphatic heterocycles. The lowest BCUT2D eigenvalue weighted by molar-refractivity contribution is 0.0751. The van der Waals surface area contributed by atoms with E-state index in [2.05, 4.69) is 17.0 Å². The Hall–Kier alpha value is -2.01. The Balaban J connectivity index is 1.61. The first-order chi connectivity index (χ1) is 10.7. The number of hydrogen-bond acceptors (Lipinski definition) is 4. The Bertz CT molecular complexity index is 643. The van der Waals surface area contributed by atoms with Crippen molar-refractivity contribution < 1.29 is 9.53 Å². The van der Waals surface area contributed by atoms with Crippen LogP contribution in [0, 0.1) is 6.92 Å². The molecule has 1 fully saturated rings. The number of amides is 1. The zero-order valence-corrected chi connectivity index (χ0v) is 13.7. The number of rotatable bonds is 3. The van der Waals surface area contributed by atoms with Crippen LogP contribution in [0.2, 0.25) is 0 Å². The third-order valence-electron chi connectivity index (χ3n) is 3.96. The second kappa shape index (κ2) is 6.40. The van der Waals surface area contributed by atoms with Crippen LogP contribution in [0.4, 0.5) is 5.69 Å². The molecule has 1 aromatic carbocycles. The molecule has 0 unspecified atom stereocenters. The zero-order chi connectivity index (χ0) is 15.5. The summed E-state index contributed by atoms with van der Waals surface area (Å²) in [6.07, 6.45) is 0. The highest BCUT2D eigenvalue weighted by atomic mass is 32.1. The van der Waals surface area contributed by atoms with Crippen molar-refractivity contribution >= 4 is 22.9 Å². The monoisotopic (exact) mass is 316 g/mol. The van der Waals surface area contributed by atoms with Gasteiger partial charge in [0.15, 0.2) is 0 Å². The molecule has 5 heteroatoms. The first kappa shape index (κ1) is 14.9. The number of carbonyl (C=O) groups is 1. The summed E-state index contributed by atoms with van der Waals surface area (Å²) in [5.41, 5.74) is 1.18. The lowest BCUT2D eigenvalue weighted by Gasteiger charge is -2.36. The van der Waals surface area contributed by atoms with E-state index >= 15 is 0 Å². The number of ether oxygens (including phenoxy) is 1. The first-order valence-corrected chi connectivity index (χ1v) is 8.24. The minimum Gasteiger partial charge on any atom is -0.497 e. The third-order valence-corrected chi connectivity index (χ3v) is 4.94. The van der Waals surface area contributed by atoms with Gasteiger partial charge in [-0.3, -0.25) is 4.79 Å². The highest BCUT2D eigenvalue weighted by Crippen LogP contribution is 2.22. The highest BCUT2D eigenvalue weighted by Gasteiger charge is 2.23. The summed E-state index contributed by atoms with van der Waals surface area (Å²) in [4.78, 5) is 18.7. The van der Waals surface area contributed by atoms with Crippen molar-refractivity contribution in [3.63, 3.8) is 0 Å². The number of piperazine rings is 1. The van der Waals surface area contributed by atoms with Gasteiger partial charge in [-0.25, -0.2) is 0 Å². The summed E-state index contributed by atoms with van der Waals surface area (Å²) in [5, 5.41) is 0. The highest BCUT2D eigenvalue weighted by molar-refractivity contribution is 7.13. The first-order valence-electron chi connectivity index (χ1n) is 7.42. The van der Waals surface area contributed by atoms with Crippen LogP contribution in [-0.4, -0.2) is 44.1 Å². The van der Waals surface area contributed by atoms with Crippen LogP contribution in [-0.2, 0) is 0 Å². The van der Waals surface area contributed by atoms with Crippen LogP contribution < -0.4 is 9.64 Å². The van der Waals surface area contributed by atoms with E-state index in [1.807, 2.05) is 36.1 Å². The van der Waals surface area contributed by atoms with Gasteiger partial charge in [-0.1, -0.05) is 0 Å². The topological polar surface area (TPSA) is 32.8 Å². The van der Waals surface area contributed by atoms with Gasteiger partial charge in [0, 0.05) is 36.7 Å². The van der Waals surface area contributed by atoms with Crippen molar-refractivity contribution in [2.75, 3.05) is 38.2 Å². The summed E-state index contributed by atoms with van der Waals surface area (Å²) < 4.78 is 5.19. The number of hydrogen-bond donors (Lipinski definition) is 0. The molecule has 4 nitrogen and oxygen atoms in total. The third kappa shape index (κ3) is 3.09. The minimum absolute atomic E-state index is 0.160. The Kier molecular flexibility index (Phi) is 4.34. The fourth-order valence-corrected chi connectivity index (χ4v) is 3.50. The summed E-state index contributed by atoms with van der Waals surface area (Å²) in [5.74, 6) is 1.03. The molecule has 0 spiro atoms. The fraction of sp³-hybridized carbons (Fsp3) is 0.353. The average molecular weight is 316 g/mol. The molecule has 3 rings (SSSR count). The number of thiophene rings is 1. The maximum absolute atomic E-state index is 12.4.